The minimum atomic E-state index is -4.58. The Labute approximate surface area is 76.3 Å². The van der Waals surface area contributed by atoms with Crippen LogP contribution in [0.3, 0.4) is 0 Å². The molecular formula is C6H11NO5S. The Morgan fingerprint density at radius 2 is 2.15 bits per heavy atom. The molecule has 0 rings (SSSR count). The monoisotopic (exact) mass is 209 g/mol. The molecule has 1 unspecified atom stereocenters. The van der Waals surface area contributed by atoms with Crippen molar-refractivity contribution in [1.29, 1.82) is 0 Å². The number of carbonyl (C=O) groups excluding carboxylic acids is 1. The van der Waals surface area contributed by atoms with Gasteiger partial charge >= 0.3 is 10.4 Å². The summed E-state index contributed by atoms with van der Waals surface area (Å²) in [6, 6.07) is 0. The molecule has 0 radical (unpaired) electrons. The molecular weight excluding hydrogens is 198 g/mol. The van der Waals surface area contributed by atoms with Crippen LogP contribution in [0.2, 0.25) is 0 Å². The maximum atomic E-state index is 10.6. The lowest BCUT2D eigenvalue weighted by Gasteiger charge is -2.12. The van der Waals surface area contributed by atoms with Crippen LogP contribution in [-0.2, 0) is 19.4 Å². The normalized spacial score (nSPS) is 13.7. The second kappa shape index (κ2) is 4.35. The van der Waals surface area contributed by atoms with Crippen LogP contribution in [0.1, 0.15) is 13.3 Å². The molecule has 1 amide bonds. The number of carbonyl (C=O) groups is 1. The molecule has 0 aromatic carbocycles. The molecule has 0 aliphatic carbocycles. The highest BCUT2D eigenvalue weighted by atomic mass is 32.3. The van der Waals surface area contributed by atoms with E-state index in [-0.39, 0.29) is 12.0 Å². The van der Waals surface area contributed by atoms with Gasteiger partial charge in [0.25, 0.3) is 0 Å². The van der Waals surface area contributed by atoms with Crippen LogP contribution >= 0.6 is 0 Å². The first kappa shape index (κ1) is 12.1. The lowest BCUT2D eigenvalue weighted by molar-refractivity contribution is -0.115. The van der Waals surface area contributed by atoms with Crippen molar-refractivity contribution in [3.8, 4) is 0 Å². The fourth-order valence-corrected chi connectivity index (χ4v) is 1.22. The molecule has 0 aliphatic rings. The summed E-state index contributed by atoms with van der Waals surface area (Å²) in [6.07, 6.45) is -0.936. The van der Waals surface area contributed by atoms with E-state index in [1.165, 1.54) is 0 Å². The molecule has 0 saturated carbocycles. The molecule has 0 fully saturated rings. The fraction of sp³-hybridized carbons (Fsp3) is 0.500. The average Bonchev–Trinajstić information content (AvgIpc) is 1.97. The summed E-state index contributed by atoms with van der Waals surface area (Å²) >= 11 is 0. The van der Waals surface area contributed by atoms with Gasteiger partial charge in [-0.3, -0.25) is 9.35 Å². The van der Waals surface area contributed by atoms with E-state index in [1.54, 1.807) is 6.92 Å². The number of nitrogens with two attached hydrogens (primary N) is 1. The molecule has 6 nitrogen and oxygen atoms in total. The van der Waals surface area contributed by atoms with E-state index in [0.29, 0.717) is 0 Å². The van der Waals surface area contributed by atoms with E-state index in [9.17, 15) is 13.2 Å². The first-order valence-electron chi connectivity index (χ1n) is 3.42. The lowest BCUT2D eigenvalue weighted by Crippen LogP contribution is -2.27. The highest BCUT2D eigenvalue weighted by Crippen LogP contribution is 2.10. The zero-order valence-electron chi connectivity index (χ0n) is 7.06. The lowest BCUT2D eigenvalue weighted by atomic mass is 10.1. The topological polar surface area (TPSA) is 107 Å². The van der Waals surface area contributed by atoms with Gasteiger partial charge in [0.1, 0.15) is 6.10 Å². The second-order valence-corrected chi connectivity index (χ2v) is 3.36. The van der Waals surface area contributed by atoms with E-state index in [4.69, 9.17) is 10.3 Å². The molecule has 13 heavy (non-hydrogen) atoms. The Hall–Kier alpha value is -0.920. The van der Waals surface area contributed by atoms with Gasteiger partial charge < -0.3 is 5.73 Å². The summed E-state index contributed by atoms with van der Waals surface area (Å²) in [6.45, 7) is 4.79. The minimum absolute atomic E-state index is 0.168. The first-order valence-corrected chi connectivity index (χ1v) is 4.78. The van der Waals surface area contributed by atoms with E-state index >= 15 is 0 Å². The van der Waals surface area contributed by atoms with Crippen LogP contribution < -0.4 is 5.73 Å². The molecule has 0 bridgehead atoms. The van der Waals surface area contributed by atoms with E-state index < -0.39 is 22.4 Å². The number of hydrogen-bond acceptors (Lipinski definition) is 4. The van der Waals surface area contributed by atoms with Gasteiger partial charge in [0, 0.05) is 5.57 Å². The summed E-state index contributed by atoms with van der Waals surface area (Å²) in [5, 5.41) is 0. The van der Waals surface area contributed by atoms with Crippen molar-refractivity contribution in [2.75, 3.05) is 0 Å². The molecule has 3 N–H and O–H groups in total. The van der Waals surface area contributed by atoms with Crippen LogP contribution in [0.4, 0.5) is 0 Å². The molecule has 0 spiro atoms. The smallest absolute Gasteiger partial charge is 0.366 e. The van der Waals surface area contributed by atoms with Gasteiger partial charge in [-0.15, -0.1) is 0 Å². The number of amides is 1. The van der Waals surface area contributed by atoms with Gasteiger partial charge in [0.15, 0.2) is 0 Å². The highest BCUT2D eigenvalue weighted by molar-refractivity contribution is 7.80. The largest absolute Gasteiger partial charge is 0.397 e. The maximum absolute atomic E-state index is 10.6. The Kier molecular flexibility index (Phi) is 4.05. The van der Waals surface area contributed by atoms with E-state index in [1.807, 2.05) is 0 Å². The van der Waals surface area contributed by atoms with Crippen molar-refractivity contribution >= 4 is 16.3 Å². The van der Waals surface area contributed by atoms with Crippen molar-refractivity contribution in [2.45, 2.75) is 19.4 Å². The molecule has 0 heterocycles. The maximum Gasteiger partial charge on any atom is 0.397 e. The molecule has 7 heteroatoms. The van der Waals surface area contributed by atoms with Gasteiger partial charge in [-0.25, -0.2) is 4.18 Å². The van der Waals surface area contributed by atoms with Gasteiger partial charge in [0.05, 0.1) is 0 Å². The van der Waals surface area contributed by atoms with Crippen molar-refractivity contribution < 1.29 is 21.9 Å². The summed E-state index contributed by atoms with van der Waals surface area (Å²) in [7, 11) is -4.58. The zero-order valence-corrected chi connectivity index (χ0v) is 7.87. The predicted molar refractivity (Wildman–Crippen MR) is 45.0 cm³/mol. The Balaban J connectivity index is 4.54. The first-order chi connectivity index (χ1) is 5.78. The summed E-state index contributed by atoms with van der Waals surface area (Å²) in [5.41, 5.74) is 4.64. The van der Waals surface area contributed by atoms with E-state index in [2.05, 4.69) is 10.8 Å². The minimum Gasteiger partial charge on any atom is -0.366 e. The Morgan fingerprint density at radius 1 is 1.69 bits per heavy atom. The van der Waals surface area contributed by atoms with Crippen LogP contribution in [0, 0.1) is 0 Å². The molecule has 0 aliphatic heterocycles. The molecule has 0 aromatic rings. The highest BCUT2D eigenvalue weighted by Gasteiger charge is 2.21. The van der Waals surface area contributed by atoms with Crippen molar-refractivity contribution in [2.24, 2.45) is 5.73 Å². The van der Waals surface area contributed by atoms with E-state index in [0.717, 1.165) is 0 Å². The Morgan fingerprint density at radius 3 is 2.38 bits per heavy atom. The van der Waals surface area contributed by atoms with Gasteiger partial charge in [-0.2, -0.15) is 8.42 Å². The second-order valence-electron chi connectivity index (χ2n) is 2.31. The third kappa shape index (κ3) is 4.61. The number of primary amides is 1. The third-order valence-corrected chi connectivity index (χ3v) is 1.79. The molecule has 0 aromatic heterocycles. The zero-order chi connectivity index (χ0) is 10.6. The quantitative estimate of drug-likeness (QED) is 0.474. The van der Waals surface area contributed by atoms with Crippen LogP contribution in [0.5, 0.6) is 0 Å². The van der Waals surface area contributed by atoms with Crippen molar-refractivity contribution in [3.63, 3.8) is 0 Å². The van der Waals surface area contributed by atoms with Crippen LogP contribution in [0.25, 0.3) is 0 Å². The fourth-order valence-electron chi connectivity index (χ4n) is 0.678. The van der Waals surface area contributed by atoms with Crippen LogP contribution in [0.15, 0.2) is 12.2 Å². The third-order valence-electron chi connectivity index (χ3n) is 1.31. The Bertz CT molecular complexity index is 307. The van der Waals surface area contributed by atoms with Gasteiger partial charge in [-0.1, -0.05) is 13.5 Å². The van der Waals surface area contributed by atoms with Crippen molar-refractivity contribution in [3.05, 3.63) is 12.2 Å². The summed E-state index contributed by atoms with van der Waals surface area (Å²) in [5.74, 6) is -0.865. The average molecular weight is 209 g/mol. The molecule has 76 valence electrons. The molecule has 1 atom stereocenters. The summed E-state index contributed by atoms with van der Waals surface area (Å²) in [4.78, 5) is 10.6. The van der Waals surface area contributed by atoms with Crippen molar-refractivity contribution in [1.82, 2.24) is 0 Å². The predicted octanol–water partition coefficient (Wildman–Crippen LogP) is -0.374. The molecule has 0 saturated heterocycles. The van der Waals surface area contributed by atoms with Gasteiger partial charge in [0.2, 0.25) is 5.91 Å². The SMILES string of the molecule is C=C(C(N)=O)C(CC)OS(=O)(=O)O. The number of hydrogen-bond donors (Lipinski definition) is 2. The van der Waals surface area contributed by atoms with Gasteiger partial charge in [-0.05, 0) is 6.42 Å². The summed E-state index contributed by atoms with van der Waals surface area (Å²) < 4.78 is 33.0. The standard InChI is InChI=1S/C6H11NO5S/c1-3-5(4(2)6(7)8)12-13(9,10)11/h5H,2-3H2,1H3,(H2,7,8)(H,9,10,11). The van der Waals surface area contributed by atoms with Crippen LogP contribution in [-0.4, -0.2) is 25.0 Å². The number of rotatable bonds is 5.